The van der Waals surface area contributed by atoms with E-state index in [-0.39, 0.29) is 5.78 Å². The topological polar surface area (TPSA) is 17.1 Å². The van der Waals surface area contributed by atoms with Crippen molar-refractivity contribution in [3.8, 4) is 0 Å². The van der Waals surface area contributed by atoms with E-state index in [0.717, 1.165) is 11.1 Å². The third kappa shape index (κ3) is 2.76. The standard InChI is InChI=1S/C18H17O/c19-18(13-14-5-2-1-3-6-14)17-11-9-16(10-12-17)15-7-4-8-15/h1-3,5-6,9-12H,4,7-8,13H2. The molecule has 19 heavy (non-hydrogen) atoms. The van der Waals surface area contributed by atoms with E-state index in [2.05, 4.69) is 12.1 Å². The molecule has 1 aliphatic carbocycles. The van der Waals surface area contributed by atoms with Gasteiger partial charge in [-0.2, -0.15) is 0 Å². The van der Waals surface area contributed by atoms with E-state index in [1.807, 2.05) is 42.5 Å². The van der Waals surface area contributed by atoms with Crippen LogP contribution in [0.4, 0.5) is 0 Å². The summed E-state index contributed by atoms with van der Waals surface area (Å²) in [5.41, 5.74) is 3.19. The lowest BCUT2D eigenvalue weighted by molar-refractivity contribution is 0.0993. The molecule has 3 rings (SSSR count). The summed E-state index contributed by atoms with van der Waals surface area (Å²) >= 11 is 0. The van der Waals surface area contributed by atoms with Crippen LogP contribution < -0.4 is 0 Å². The molecule has 1 nitrogen and oxygen atoms in total. The SMILES string of the molecule is O=C(Cc1ccccc1)c1ccc([C]2CCC2)cc1. The molecule has 0 N–H and O–H groups in total. The van der Waals surface area contributed by atoms with Gasteiger partial charge < -0.3 is 0 Å². The molecule has 0 atom stereocenters. The summed E-state index contributed by atoms with van der Waals surface area (Å²) in [4.78, 5) is 12.2. The van der Waals surface area contributed by atoms with Gasteiger partial charge in [0.15, 0.2) is 5.78 Å². The highest BCUT2D eigenvalue weighted by Crippen LogP contribution is 2.35. The Bertz CT molecular complexity index is 550. The van der Waals surface area contributed by atoms with E-state index in [9.17, 15) is 4.79 Å². The van der Waals surface area contributed by atoms with Gasteiger partial charge in [0, 0.05) is 17.9 Å². The molecule has 0 amide bonds. The van der Waals surface area contributed by atoms with Crippen LogP contribution in [0.3, 0.4) is 0 Å². The number of rotatable bonds is 4. The Morgan fingerprint density at radius 3 is 2.16 bits per heavy atom. The molecule has 1 heteroatoms. The molecule has 0 saturated heterocycles. The Kier molecular flexibility index (Phi) is 3.45. The van der Waals surface area contributed by atoms with Gasteiger partial charge in [0.1, 0.15) is 0 Å². The average molecular weight is 249 g/mol. The van der Waals surface area contributed by atoms with Crippen molar-refractivity contribution in [1.82, 2.24) is 0 Å². The Morgan fingerprint density at radius 1 is 0.895 bits per heavy atom. The van der Waals surface area contributed by atoms with Crippen LogP contribution in [-0.2, 0) is 6.42 Å². The Morgan fingerprint density at radius 2 is 1.58 bits per heavy atom. The Hall–Kier alpha value is -1.89. The molecular formula is C18H17O. The maximum atomic E-state index is 12.2. The summed E-state index contributed by atoms with van der Waals surface area (Å²) < 4.78 is 0. The summed E-state index contributed by atoms with van der Waals surface area (Å²) in [6.45, 7) is 0. The molecule has 1 saturated carbocycles. The van der Waals surface area contributed by atoms with Crippen LogP contribution in [0.5, 0.6) is 0 Å². The number of ketones is 1. The molecule has 0 aromatic heterocycles. The highest BCUT2D eigenvalue weighted by molar-refractivity contribution is 5.97. The third-order valence-corrected chi connectivity index (χ3v) is 3.78. The first-order valence-corrected chi connectivity index (χ1v) is 6.85. The first-order chi connectivity index (χ1) is 9.33. The van der Waals surface area contributed by atoms with Crippen LogP contribution in [0.1, 0.15) is 40.7 Å². The van der Waals surface area contributed by atoms with Gasteiger partial charge in [0.05, 0.1) is 0 Å². The summed E-state index contributed by atoms with van der Waals surface area (Å²) in [7, 11) is 0. The summed E-state index contributed by atoms with van der Waals surface area (Å²) in [6.07, 6.45) is 4.23. The molecule has 2 aromatic rings. The number of Topliss-reactive ketones (excluding diaryl/α,β-unsaturated/α-hetero) is 1. The highest BCUT2D eigenvalue weighted by atomic mass is 16.1. The summed E-state index contributed by atoms with van der Waals surface area (Å²) in [5.74, 6) is 1.72. The van der Waals surface area contributed by atoms with Crippen molar-refractivity contribution in [3.63, 3.8) is 0 Å². The van der Waals surface area contributed by atoms with Crippen molar-refractivity contribution in [3.05, 3.63) is 77.2 Å². The van der Waals surface area contributed by atoms with Crippen molar-refractivity contribution < 1.29 is 4.79 Å². The molecule has 0 unspecified atom stereocenters. The smallest absolute Gasteiger partial charge is 0.167 e. The predicted octanol–water partition coefficient (Wildman–Crippen LogP) is 4.22. The summed E-state index contributed by atoms with van der Waals surface area (Å²) in [5, 5.41) is 0. The Balaban J connectivity index is 1.69. The van der Waals surface area contributed by atoms with Gasteiger partial charge in [-0.1, -0.05) is 61.0 Å². The van der Waals surface area contributed by atoms with Crippen LogP contribution in [0.15, 0.2) is 54.6 Å². The normalized spacial score (nSPS) is 14.9. The number of carbonyl (C=O) groups excluding carboxylic acids is 1. The lowest BCUT2D eigenvalue weighted by atomic mass is 9.80. The van der Waals surface area contributed by atoms with E-state index in [1.54, 1.807) is 0 Å². The Labute approximate surface area is 114 Å². The van der Waals surface area contributed by atoms with E-state index >= 15 is 0 Å². The maximum absolute atomic E-state index is 12.2. The van der Waals surface area contributed by atoms with Gasteiger partial charge in [-0.25, -0.2) is 0 Å². The molecular weight excluding hydrogens is 232 g/mol. The third-order valence-electron chi connectivity index (χ3n) is 3.78. The first-order valence-electron chi connectivity index (χ1n) is 6.85. The van der Waals surface area contributed by atoms with Crippen LogP contribution in [0, 0.1) is 5.92 Å². The van der Waals surface area contributed by atoms with Gasteiger partial charge >= 0.3 is 0 Å². The van der Waals surface area contributed by atoms with Crippen LogP contribution in [-0.4, -0.2) is 5.78 Å². The molecule has 0 bridgehead atoms. The number of hydrogen-bond donors (Lipinski definition) is 0. The minimum atomic E-state index is 0.191. The summed E-state index contributed by atoms with van der Waals surface area (Å²) in [6, 6.07) is 18.0. The number of benzene rings is 2. The van der Waals surface area contributed by atoms with Crippen molar-refractivity contribution in [2.24, 2.45) is 0 Å². The van der Waals surface area contributed by atoms with E-state index in [1.165, 1.54) is 30.7 Å². The fraction of sp³-hybridized carbons (Fsp3) is 0.222. The zero-order valence-corrected chi connectivity index (χ0v) is 10.9. The van der Waals surface area contributed by atoms with Crippen molar-refractivity contribution in [1.29, 1.82) is 0 Å². The van der Waals surface area contributed by atoms with Crippen LogP contribution in [0.25, 0.3) is 0 Å². The largest absolute Gasteiger partial charge is 0.294 e. The van der Waals surface area contributed by atoms with Crippen molar-refractivity contribution in [2.45, 2.75) is 25.7 Å². The van der Waals surface area contributed by atoms with Crippen molar-refractivity contribution in [2.75, 3.05) is 0 Å². The second-order valence-electron chi connectivity index (χ2n) is 5.12. The monoisotopic (exact) mass is 249 g/mol. The van der Waals surface area contributed by atoms with Crippen molar-refractivity contribution >= 4 is 5.78 Å². The highest BCUT2D eigenvalue weighted by Gasteiger charge is 2.20. The second-order valence-corrected chi connectivity index (χ2v) is 5.12. The first kappa shape index (κ1) is 12.2. The fourth-order valence-corrected chi connectivity index (χ4v) is 2.42. The van der Waals surface area contributed by atoms with Crippen LogP contribution in [0.2, 0.25) is 0 Å². The zero-order chi connectivity index (χ0) is 13.1. The fourth-order valence-electron chi connectivity index (χ4n) is 2.42. The van der Waals surface area contributed by atoms with Crippen LogP contribution >= 0.6 is 0 Å². The van der Waals surface area contributed by atoms with Gasteiger partial charge in [-0.05, 0) is 24.0 Å². The second kappa shape index (κ2) is 5.40. The minimum absolute atomic E-state index is 0.191. The molecule has 1 aliphatic rings. The molecule has 1 fully saturated rings. The van der Waals surface area contributed by atoms with Gasteiger partial charge in [0.2, 0.25) is 0 Å². The van der Waals surface area contributed by atoms with E-state index in [0.29, 0.717) is 6.42 Å². The van der Waals surface area contributed by atoms with Gasteiger partial charge in [0.25, 0.3) is 0 Å². The predicted molar refractivity (Wildman–Crippen MR) is 77.1 cm³/mol. The quantitative estimate of drug-likeness (QED) is 0.741. The van der Waals surface area contributed by atoms with E-state index in [4.69, 9.17) is 0 Å². The molecule has 1 radical (unpaired) electrons. The van der Waals surface area contributed by atoms with E-state index < -0.39 is 0 Å². The molecule has 0 heterocycles. The number of carbonyl (C=O) groups is 1. The minimum Gasteiger partial charge on any atom is -0.294 e. The number of hydrogen-bond acceptors (Lipinski definition) is 1. The molecule has 0 aliphatic heterocycles. The molecule has 0 spiro atoms. The lowest BCUT2D eigenvalue weighted by Gasteiger charge is -2.24. The lowest BCUT2D eigenvalue weighted by Crippen LogP contribution is -2.10. The average Bonchev–Trinajstić information content (AvgIpc) is 2.39. The molecule has 95 valence electrons. The van der Waals surface area contributed by atoms with Gasteiger partial charge in [-0.15, -0.1) is 0 Å². The maximum Gasteiger partial charge on any atom is 0.167 e. The molecule has 2 aromatic carbocycles. The van der Waals surface area contributed by atoms with Gasteiger partial charge in [-0.3, -0.25) is 4.79 Å². The zero-order valence-electron chi connectivity index (χ0n) is 10.9.